The van der Waals surface area contributed by atoms with Crippen LogP contribution in [0.25, 0.3) is 0 Å². The lowest BCUT2D eigenvalue weighted by atomic mass is 9.75. The molecule has 7 heteroatoms. The normalized spacial score (nSPS) is 17.6. The fraction of sp³-hybridized carbons (Fsp3) is 0.296. The number of carbonyl (C=O) groups excluding carboxylic acids is 1. The van der Waals surface area contributed by atoms with E-state index < -0.39 is 15.4 Å². The molecule has 0 aliphatic heterocycles. The Morgan fingerprint density at radius 2 is 1.76 bits per heavy atom. The zero-order chi connectivity index (χ0) is 24.3. The van der Waals surface area contributed by atoms with E-state index in [2.05, 4.69) is 5.32 Å². The van der Waals surface area contributed by atoms with Gasteiger partial charge in [-0.15, -0.1) is 0 Å². The minimum absolute atomic E-state index is 0.0404. The standard InChI is InChI=1S/C27H29NO5S/c1-3-34(31,32)24-13-6-19(7-14-24)17-26(29)28-22-10-15-25-20(18-22)5-4-16-27(25,30)21-8-11-23(33-2)12-9-21/h6-15,18,30H,3-5,16-17H2,1-2H3,(H,28,29). The minimum atomic E-state index is -3.26. The quantitative estimate of drug-likeness (QED) is 0.529. The van der Waals surface area contributed by atoms with Crippen LogP contribution in [0.15, 0.2) is 71.6 Å². The van der Waals surface area contributed by atoms with Crippen molar-refractivity contribution in [1.82, 2.24) is 0 Å². The highest BCUT2D eigenvalue weighted by molar-refractivity contribution is 7.91. The summed E-state index contributed by atoms with van der Waals surface area (Å²) in [7, 11) is -1.65. The fourth-order valence-electron chi connectivity index (χ4n) is 4.49. The van der Waals surface area contributed by atoms with Crippen LogP contribution in [0, 0.1) is 0 Å². The molecule has 178 valence electrons. The van der Waals surface area contributed by atoms with Crippen molar-refractivity contribution in [2.24, 2.45) is 0 Å². The molecule has 1 amide bonds. The van der Waals surface area contributed by atoms with E-state index in [4.69, 9.17) is 4.74 Å². The van der Waals surface area contributed by atoms with Crippen molar-refractivity contribution < 1.29 is 23.1 Å². The number of hydrogen-bond donors (Lipinski definition) is 2. The second kappa shape index (κ2) is 9.60. The largest absolute Gasteiger partial charge is 0.497 e. The van der Waals surface area contributed by atoms with Gasteiger partial charge in [-0.3, -0.25) is 4.79 Å². The van der Waals surface area contributed by atoms with E-state index in [0.29, 0.717) is 12.1 Å². The molecule has 0 spiro atoms. The van der Waals surface area contributed by atoms with Crippen LogP contribution in [0.3, 0.4) is 0 Å². The summed E-state index contributed by atoms with van der Waals surface area (Å²) in [5, 5.41) is 14.5. The molecule has 1 aliphatic carbocycles. The summed E-state index contributed by atoms with van der Waals surface area (Å²) in [4.78, 5) is 12.9. The molecule has 3 aromatic carbocycles. The van der Waals surface area contributed by atoms with Crippen LogP contribution in [-0.2, 0) is 33.1 Å². The number of aryl methyl sites for hydroxylation is 1. The smallest absolute Gasteiger partial charge is 0.228 e. The molecular formula is C27H29NO5S. The zero-order valence-corrected chi connectivity index (χ0v) is 20.2. The van der Waals surface area contributed by atoms with E-state index in [0.717, 1.165) is 40.8 Å². The summed E-state index contributed by atoms with van der Waals surface area (Å²) in [6.07, 6.45) is 2.42. The van der Waals surface area contributed by atoms with Crippen LogP contribution < -0.4 is 10.1 Å². The van der Waals surface area contributed by atoms with Crippen LogP contribution in [0.2, 0.25) is 0 Å². The van der Waals surface area contributed by atoms with Gasteiger partial charge in [0, 0.05) is 5.69 Å². The highest BCUT2D eigenvalue weighted by Gasteiger charge is 2.36. The Hall–Kier alpha value is -3.16. The first kappa shape index (κ1) is 24.0. The second-order valence-electron chi connectivity index (χ2n) is 8.59. The number of benzene rings is 3. The van der Waals surface area contributed by atoms with Gasteiger partial charge in [0.1, 0.15) is 11.4 Å². The Kier molecular flexibility index (Phi) is 6.77. The number of hydrogen-bond acceptors (Lipinski definition) is 5. The summed E-state index contributed by atoms with van der Waals surface area (Å²) in [6.45, 7) is 1.60. The lowest BCUT2D eigenvalue weighted by molar-refractivity contribution is -0.115. The van der Waals surface area contributed by atoms with Gasteiger partial charge in [-0.25, -0.2) is 8.42 Å². The molecule has 0 heterocycles. The Balaban J connectivity index is 1.49. The number of nitrogens with one attached hydrogen (secondary N) is 1. The van der Waals surface area contributed by atoms with Gasteiger partial charge in [-0.05, 0) is 77.9 Å². The van der Waals surface area contributed by atoms with Crippen molar-refractivity contribution in [3.63, 3.8) is 0 Å². The fourth-order valence-corrected chi connectivity index (χ4v) is 5.37. The van der Waals surface area contributed by atoms with Crippen molar-refractivity contribution >= 4 is 21.4 Å². The van der Waals surface area contributed by atoms with Gasteiger partial charge in [0.2, 0.25) is 5.91 Å². The maximum atomic E-state index is 12.6. The zero-order valence-electron chi connectivity index (χ0n) is 19.4. The van der Waals surface area contributed by atoms with E-state index in [1.165, 1.54) is 0 Å². The molecule has 0 fully saturated rings. The predicted octanol–water partition coefficient (Wildman–Crippen LogP) is 4.24. The first-order chi connectivity index (χ1) is 16.2. The number of aliphatic hydroxyl groups is 1. The molecule has 0 radical (unpaired) electrons. The van der Waals surface area contributed by atoms with Gasteiger partial charge in [-0.1, -0.05) is 37.3 Å². The van der Waals surface area contributed by atoms with Crippen molar-refractivity contribution in [2.75, 3.05) is 18.2 Å². The summed E-state index contributed by atoms with van der Waals surface area (Å²) in [5.74, 6) is 0.592. The van der Waals surface area contributed by atoms with E-state index >= 15 is 0 Å². The van der Waals surface area contributed by atoms with E-state index in [-0.39, 0.29) is 23.0 Å². The number of rotatable bonds is 7. The Morgan fingerprint density at radius 3 is 2.41 bits per heavy atom. The molecule has 4 rings (SSSR count). The van der Waals surface area contributed by atoms with Gasteiger partial charge >= 0.3 is 0 Å². The van der Waals surface area contributed by atoms with E-state index in [1.807, 2.05) is 42.5 Å². The Morgan fingerprint density at radius 1 is 1.06 bits per heavy atom. The van der Waals surface area contributed by atoms with Crippen LogP contribution >= 0.6 is 0 Å². The number of anilines is 1. The molecular weight excluding hydrogens is 450 g/mol. The topological polar surface area (TPSA) is 92.7 Å². The molecule has 0 saturated heterocycles. The molecule has 1 atom stereocenters. The number of carbonyl (C=O) groups is 1. The third-order valence-electron chi connectivity index (χ3n) is 6.41. The molecule has 0 bridgehead atoms. The van der Waals surface area contributed by atoms with Crippen molar-refractivity contribution in [1.29, 1.82) is 0 Å². The Bertz CT molecular complexity index is 1280. The van der Waals surface area contributed by atoms with Gasteiger partial charge in [0.15, 0.2) is 9.84 Å². The summed E-state index contributed by atoms with van der Waals surface area (Å²) >= 11 is 0. The first-order valence-electron chi connectivity index (χ1n) is 11.4. The molecule has 2 N–H and O–H groups in total. The molecule has 1 unspecified atom stereocenters. The number of fused-ring (bicyclic) bond motifs is 1. The molecule has 6 nitrogen and oxygen atoms in total. The molecule has 1 aliphatic rings. The second-order valence-corrected chi connectivity index (χ2v) is 10.9. The van der Waals surface area contributed by atoms with Crippen LogP contribution in [0.5, 0.6) is 5.75 Å². The number of sulfone groups is 1. The third-order valence-corrected chi connectivity index (χ3v) is 8.16. The van der Waals surface area contributed by atoms with Gasteiger partial charge < -0.3 is 15.2 Å². The monoisotopic (exact) mass is 479 g/mol. The first-order valence-corrected chi connectivity index (χ1v) is 13.0. The van der Waals surface area contributed by atoms with Gasteiger partial charge in [-0.2, -0.15) is 0 Å². The SMILES string of the molecule is CCS(=O)(=O)c1ccc(CC(=O)Nc2ccc3c(c2)CCCC3(O)c2ccc(OC)cc2)cc1. The van der Waals surface area contributed by atoms with Crippen molar-refractivity contribution in [3.05, 3.63) is 89.0 Å². The lowest BCUT2D eigenvalue weighted by Gasteiger charge is -2.35. The van der Waals surface area contributed by atoms with Gasteiger partial charge in [0.05, 0.1) is 24.2 Å². The maximum Gasteiger partial charge on any atom is 0.228 e. The van der Waals surface area contributed by atoms with E-state index in [1.54, 1.807) is 38.3 Å². The predicted molar refractivity (Wildman–Crippen MR) is 132 cm³/mol. The number of ether oxygens (including phenoxy) is 1. The Labute approximate surface area is 200 Å². The average Bonchev–Trinajstić information content (AvgIpc) is 2.84. The molecule has 34 heavy (non-hydrogen) atoms. The van der Waals surface area contributed by atoms with Gasteiger partial charge in [0.25, 0.3) is 0 Å². The maximum absolute atomic E-state index is 12.6. The number of methoxy groups -OCH3 is 1. The van der Waals surface area contributed by atoms with Crippen molar-refractivity contribution in [2.45, 2.75) is 43.1 Å². The van der Waals surface area contributed by atoms with E-state index in [9.17, 15) is 18.3 Å². The summed E-state index contributed by atoms with van der Waals surface area (Å²) in [6, 6.07) is 19.5. The summed E-state index contributed by atoms with van der Waals surface area (Å²) in [5.41, 5.74) is 3.01. The summed E-state index contributed by atoms with van der Waals surface area (Å²) < 4.78 is 29.1. The van der Waals surface area contributed by atoms with Crippen LogP contribution in [0.1, 0.15) is 42.0 Å². The van der Waals surface area contributed by atoms with Crippen molar-refractivity contribution in [3.8, 4) is 5.75 Å². The highest BCUT2D eigenvalue weighted by atomic mass is 32.2. The molecule has 3 aromatic rings. The number of amides is 1. The van der Waals surface area contributed by atoms with Crippen LogP contribution in [0.4, 0.5) is 5.69 Å². The third kappa shape index (κ3) is 4.86. The lowest BCUT2D eigenvalue weighted by Crippen LogP contribution is -2.32. The average molecular weight is 480 g/mol. The highest BCUT2D eigenvalue weighted by Crippen LogP contribution is 2.41. The van der Waals surface area contributed by atoms with Crippen LogP contribution in [-0.4, -0.2) is 32.3 Å². The molecule has 0 saturated carbocycles. The minimum Gasteiger partial charge on any atom is -0.497 e. The molecule has 0 aromatic heterocycles.